The maximum absolute atomic E-state index is 5.17. The standard InChI is InChI=1S/C13H10O2/c1-5-12-6-2-10(1)9-11-3-7-13(8-4-11)15-14-12/h1-8H,9H2. The topological polar surface area (TPSA) is 18.5 Å². The Hall–Kier alpha value is -1.96. The molecular weight excluding hydrogens is 188 g/mol. The number of rotatable bonds is 0. The van der Waals surface area contributed by atoms with Gasteiger partial charge in [-0.1, -0.05) is 24.3 Å². The van der Waals surface area contributed by atoms with Crippen molar-refractivity contribution < 1.29 is 9.78 Å². The third-order valence-corrected chi connectivity index (χ3v) is 2.49. The highest BCUT2D eigenvalue weighted by Gasteiger charge is 2.03. The molecule has 0 amide bonds. The van der Waals surface area contributed by atoms with Crippen LogP contribution in [0.5, 0.6) is 11.5 Å². The first kappa shape index (κ1) is 8.36. The quantitative estimate of drug-likeness (QED) is 0.606. The van der Waals surface area contributed by atoms with Crippen molar-refractivity contribution in [3.8, 4) is 11.5 Å². The Kier molecular flexibility index (Phi) is 1.85. The fourth-order valence-corrected chi connectivity index (χ4v) is 1.66. The van der Waals surface area contributed by atoms with Gasteiger partial charge in [0, 0.05) is 0 Å². The molecule has 4 heterocycles. The average Bonchev–Trinajstić information content (AvgIpc) is 2.39. The maximum atomic E-state index is 5.17. The third-order valence-electron chi connectivity index (χ3n) is 2.49. The molecule has 0 atom stereocenters. The van der Waals surface area contributed by atoms with E-state index in [0.717, 1.165) is 17.9 Å². The van der Waals surface area contributed by atoms with Crippen LogP contribution in [0, 0.1) is 0 Å². The van der Waals surface area contributed by atoms with E-state index >= 15 is 0 Å². The van der Waals surface area contributed by atoms with E-state index in [9.17, 15) is 0 Å². The van der Waals surface area contributed by atoms with Crippen molar-refractivity contribution in [1.82, 2.24) is 0 Å². The molecule has 15 heavy (non-hydrogen) atoms. The summed E-state index contributed by atoms with van der Waals surface area (Å²) in [4.78, 5) is 10.3. The highest BCUT2D eigenvalue weighted by Crippen LogP contribution is 2.21. The average molecular weight is 198 g/mol. The summed E-state index contributed by atoms with van der Waals surface area (Å²) in [6, 6.07) is 15.9. The van der Waals surface area contributed by atoms with E-state index in [1.54, 1.807) is 0 Å². The molecule has 4 aliphatic heterocycles. The lowest BCUT2D eigenvalue weighted by atomic mass is 10.1. The zero-order valence-electron chi connectivity index (χ0n) is 8.14. The van der Waals surface area contributed by atoms with Gasteiger partial charge in [-0.15, -0.1) is 0 Å². The lowest BCUT2D eigenvalue weighted by Gasteiger charge is -2.04. The van der Waals surface area contributed by atoms with E-state index in [0.29, 0.717) is 0 Å². The van der Waals surface area contributed by atoms with Gasteiger partial charge >= 0.3 is 0 Å². The Labute approximate surface area is 88.0 Å². The van der Waals surface area contributed by atoms with Crippen molar-refractivity contribution in [2.24, 2.45) is 0 Å². The summed E-state index contributed by atoms with van der Waals surface area (Å²) in [5.74, 6) is 1.45. The minimum atomic E-state index is 0.725. The second-order valence-electron chi connectivity index (χ2n) is 3.63. The van der Waals surface area contributed by atoms with Crippen LogP contribution in [-0.2, 0) is 6.42 Å². The largest absolute Gasteiger partial charge is 0.290 e. The molecule has 0 saturated heterocycles. The van der Waals surface area contributed by atoms with Crippen LogP contribution in [0.4, 0.5) is 0 Å². The van der Waals surface area contributed by atoms with Gasteiger partial charge < -0.3 is 0 Å². The predicted octanol–water partition coefficient (Wildman–Crippen LogP) is 2.96. The van der Waals surface area contributed by atoms with Gasteiger partial charge in [0.25, 0.3) is 0 Å². The lowest BCUT2D eigenvalue weighted by Crippen LogP contribution is -1.99. The zero-order valence-corrected chi connectivity index (χ0v) is 8.14. The SMILES string of the molecule is c1cc2ccc1Cc1ccc(cc1)OO2. The third kappa shape index (κ3) is 1.66. The molecule has 0 spiro atoms. The first-order valence-corrected chi connectivity index (χ1v) is 4.92. The Morgan fingerprint density at radius 3 is 1.40 bits per heavy atom. The van der Waals surface area contributed by atoms with Crippen LogP contribution in [0.15, 0.2) is 48.5 Å². The molecule has 4 bridgehead atoms. The van der Waals surface area contributed by atoms with Gasteiger partial charge in [0.15, 0.2) is 11.5 Å². The smallest absolute Gasteiger partial charge is 0.178 e. The van der Waals surface area contributed by atoms with E-state index < -0.39 is 0 Å². The van der Waals surface area contributed by atoms with Gasteiger partial charge in [-0.25, -0.2) is 0 Å². The second-order valence-corrected chi connectivity index (χ2v) is 3.63. The minimum absolute atomic E-state index is 0.725. The molecule has 2 nitrogen and oxygen atoms in total. The van der Waals surface area contributed by atoms with Crippen LogP contribution in [0.25, 0.3) is 0 Å². The molecular formula is C13H10O2. The van der Waals surface area contributed by atoms with Crippen LogP contribution in [0.3, 0.4) is 0 Å². The summed E-state index contributed by atoms with van der Waals surface area (Å²) in [5, 5.41) is 0. The normalized spacial score (nSPS) is 12.8. The van der Waals surface area contributed by atoms with Crippen molar-refractivity contribution in [3.63, 3.8) is 0 Å². The predicted molar refractivity (Wildman–Crippen MR) is 56.9 cm³/mol. The van der Waals surface area contributed by atoms with Gasteiger partial charge in [-0.2, -0.15) is 0 Å². The van der Waals surface area contributed by atoms with Crippen LogP contribution < -0.4 is 9.78 Å². The monoisotopic (exact) mass is 198 g/mol. The number of benzene rings is 2. The molecule has 2 aromatic carbocycles. The van der Waals surface area contributed by atoms with Gasteiger partial charge in [0.1, 0.15) is 0 Å². The number of hydrogen-bond acceptors (Lipinski definition) is 2. The van der Waals surface area contributed by atoms with Crippen molar-refractivity contribution in [2.75, 3.05) is 0 Å². The first-order chi connectivity index (χ1) is 7.40. The van der Waals surface area contributed by atoms with E-state index in [-0.39, 0.29) is 0 Å². The summed E-state index contributed by atoms with van der Waals surface area (Å²) in [5.41, 5.74) is 2.55. The molecule has 0 radical (unpaired) electrons. The Bertz CT molecular complexity index is 411. The molecule has 0 aromatic heterocycles. The van der Waals surface area contributed by atoms with Crippen molar-refractivity contribution >= 4 is 0 Å². The maximum Gasteiger partial charge on any atom is 0.178 e. The molecule has 0 saturated carbocycles. The summed E-state index contributed by atoms with van der Waals surface area (Å²) >= 11 is 0. The molecule has 6 rings (SSSR count). The molecule has 4 aliphatic rings. The molecule has 0 unspecified atom stereocenters. The van der Waals surface area contributed by atoms with Gasteiger partial charge in [0.05, 0.1) is 0 Å². The molecule has 0 fully saturated rings. The summed E-state index contributed by atoms with van der Waals surface area (Å²) in [6.45, 7) is 0. The fourth-order valence-electron chi connectivity index (χ4n) is 1.66. The van der Waals surface area contributed by atoms with Gasteiger partial charge in [0.2, 0.25) is 0 Å². The Balaban J connectivity index is 2.09. The van der Waals surface area contributed by atoms with Crippen LogP contribution in [0.2, 0.25) is 0 Å². The molecule has 0 aliphatic carbocycles. The minimum Gasteiger partial charge on any atom is -0.290 e. The second kappa shape index (κ2) is 3.31. The van der Waals surface area contributed by atoms with Crippen molar-refractivity contribution in [1.29, 1.82) is 0 Å². The van der Waals surface area contributed by atoms with E-state index in [2.05, 4.69) is 24.3 Å². The summed E-state index contributed by atoms with van der Waals surface area (Å²) < 4.78 is 0. The van der Waals surface area contributed by atoms with E-state index in [1.165, 1.54) is 11.1 Å². The fraction of sp³-hybridized carbons (Fsp3) is 0.0769. The first-order valence-electron chi connectivity index (χ1n) is 4.92. The van der Waals surface area contributed by atoms with Crippen LogP contribution >= 0.6 is 0 Å². The van der Waals surface area contributed by atoms with Crippen LogP contribution in [0.1, 0.15) is 11.1 Å². The lowest BCUT2D eigenvalue weighted by molar-refractivity contribution is -0.0999. The summed E-state index contributed by atoms with van der Waals surface area (Å²) in [7, 11) is 0. The highest BCUT2D eigenvalue weighted by atomic mass is 17.2. The van der Waals surface area contributed by atoms with Crippen LogP contribution in [-0.4, -0.2) is 0 Å². The van der Waals surface area contributed by atoms with Gasteiger partial charge in [-0.3, -0.25) is 9.78 Å². The zero-order chi connectivity index (χ0) is 10.1. The molecule has 2 heteroatoms. The number of hydrogen-bond donors (Lipinski definition) is 0. The Morgan fingerprint density at radius 2 is 1.00 bits per heavy atom. The van der Waals surface area contributed by atoms with Gasteiger partial charge in [-0.05, 0) is 41.8 Å². The van der Waals surface area contributed by atoms with Crippen molar-refractivity contribution in [3.05, 3.63) is 59.7 Å². The van der Waals surface area contributed by atoms with E-state index in [1.807, 2.05) is 24.3 Å². The Morgan fingerprint density at radius 1 is 0.600 bits per heavy atom. The summed E-state index contributed by atoms with van der Waals surface area (Å²) in [6.07, 6.45) is 0.945. The van der Waals surface area contributed by atoms with E-state index in [4.69, 9.17) is 9.78 Å². The molecule has 74 valence electrons. The molecule has 2 aromatic rings. The highest BCUT2D eigenvalue weighted by molar-refractivity contribution is 5.34. The van der Waals surface area contributed by atoms with Crippen molar-refractivity contribution in [2.45, 2.75) is 6.42 Å². The molecule has 0 N–H and O–H groups in total.